The zero-order chi connectivity index (χ0) is 21.3. The van der Waals surface area contributed by atoms with Gasteiger partial charge >= 0.3 is 0 Å². The molecule has 0 bridgehead atoms. The quantitative estimate of drug-likeness (QED) is 0.795. The van der Waals surface area contributed by atoms with Crippen molar-refractivity contribution in [3.63, 3.8) is 0 Å². The molecule has 2 amide bonds. The number of primary amides is 1. The van der Waals surface area contributed by atoms with Crippen LogP contribution in [0.25, 0.3) is 0 Å². The van der Waals surface area contributed by atoms with Crippen molar-refractivity contribution in [3.05, 3.63) is 58.9 Å². The molecule has 0 aliphatic carbocycles. The van der Waals surface area contributed by atoms with E-state index in [0.29, 0.717) is 37.4 Å². The first-order chi connectivity index (χ1) is 14.4. The number of aryl methyl sites for hydroxylation is 1. The van der Waals surface area contributed by atoms with E-state index in [9.17, 15) is 9.59 Å². The van der Waals surface area contributed by atoms with Crippen molar-refractivity contribution < 1.29 is 9.59 Å². The molecule has 0 spiro atoms. The van der Waals surface area contributed by atoms with Crippen molar-refractivity contribution in [1.82, 2.24) is 14.5 Å². The largest absolute Gasteiger partial charge is 0.369 e. The Morgan fingerprint density at radius 1 is 1.17 bits per heavy atom. The lowest BCUT2D eigenvalue weighted by Gasteiger charge is -2.31. The van der Waals surface area contributed by atoms with Crippen molar-refractivity contribution in [2.24, 2.45) is 23.8 Å². The Morgan fingerprint density at radius 3 is 2.53 bits per heavy atom. The van der Waals surface area contributed by atoms with E-state index in [0.717, 1.165) is 17.0 Å². The number of aromatic nitrogens is 1. The third-order valence-corrected chi connectivity index (χ3v) is 6.35. The molecule has 158 valence electrons. The van der Waals surface area contributed by atoms with E-state index in [2.05, 4.69) is 4.90 Å². The Bertz CT molecular complexity index is 977. The Balaban J connectivity index is 1.54. The Kier molecular flexibility index (Phi) is 5.92. The monoisotopic (exact) mass is 427 g/mol. The SMILES string of the molecule is Cn1cccc1C1CC(c2ccccc2Cl)=NN1C(=O)CN1CCC(C(N)=O)CC1. The molecule has 4 rings (SSSR count). The molecule has 1 fully saturated rings. The second-order valence-electron chi connectivity index (χ2n) is 7.98. The van der Waals surface area contributed by atoms with Crippen molar-refractivity contribution >= 4 is 29.1 Å². The molecule has 7 nitrogen and oxygen atoms in total. The first-order valence-electron chi connectivity index (χ1n) is 10.2. The number of carbonyl (C=O) groups is 2. The maximum Gasteiger partial charge on any atom is 0.257 e. The summed E-state index contributed by atoms with van der Waals surface area (Å²) in [5.74, 6) is -0.400. The van der Waals surface area contributed by atoms with Crippen LogP contribution in [0.1, 0.15) is 36.6 Å². The lowest BCUT2D eigenvalue weighted by molar-refractivity contribution is -0.134. The number of nitrogens with zero attached hydrogens (tertiary/aromatic N) is 4. The summed E-state index contributed by atoms with van der Waals surface area (Å²) in [5, 5.41) is 6.94. The van der Waals surface area contributed by atoms with Crippen LogP contribution in [0.15, 0.2) is 47.7 Å². The smallest absolute Gasteiger partial charge is 0.257 e. The molecule has 0 radical (unpaired) electrons. The van der Waals surface area contributed by atoms with Gasteiger partial charge in [0, 0.05) is 41.9 Å². The summed E-state index contributed by atoms with van der Waals surface area (Å²) in [5.41, 5.74) is 8.12. The van der Waals surface area contributed by atoms with Crippen molar-refractivity contribution in [2.45, 2.75) is 25.3 Å². The minimum absolute atomic E-state index is 0.0548. The Labute approximate surface area is 181 Å². The zero-order valence-corrected chi connectivity index (χ0v) is 17.8. The second-order valence-corrected chi connectivity index (χ2v) is 8.39. The van der Waals surface area contributed by atoms with Gasteiger partial charge < -0.3 is 10.3 Å². The fourth-order valence-corrected chi connectivity index (χ4v) is 4.53. The third-order valence-electron chi connectivity index (χ3n) is 6.02. The Morgan fingerprint density at radius 2 is 1.90 bits per heavy atom. The van der Waals surface area contributed by atoms with Crippen LogP contribution < -0.4 is 5.73 Å². The summed E-state index contributed by atoms with van der Waals surface area (Å²) in [6.07, 6.45) is 3.97. The average molecular weight is 428 g/mol. The highest BCUT2D eigenvalue weighted by Crippen LogP contribution is 2.34. The highest BCUT2D eigenvalue weighted by Gasteiger charge is 2.36. The molecule has 1 aromatic carbocycles. The zero-order valence-electron chi connectivity index (χ0n) is 17.0. The molecule has 1 unspecified atom stereocenters. The van der Waals surface area contributed by atoms with Gasteiger partial charge in [0.15, 0.2) is 0 Å². The summed E-state index contributed by atoms with van der Waals surface area (Å²) in [4.78, 5) is 26.7. The average Bonchev–Trinajstić information content (AvgIpc) is 3.35. The third kappa shape index (κ3) is 4.13. The summed E-state index contributed by atoms with van der Waals surface area (Å²) in [6, 6.07) is 11.4. The summed E-state index contributed by atoms with van der Waals surface area (Å²) < 4.78 is 2.02. The van der Waals surface area contributed by atoms with Gasteiger partial charge in [0.2, 0.25) is 5.91 Å². The Hall–Kier alpha value is -2.64. The normalized spacial score (nSPS) is 20.4. The standard InChI is InChI=1S/C22H26ClN5O2/c1-26-10-4-7-19(26)20-13-18(16-5-2-3-6-17(16)23)25-28(20)21(29)14-27-11-8-15(9-12-27)22(24)30/h2-7,10,15,20H,8-9,11-14H2,1H3,(H2,24,30). The number of halogens is 1. The van der Waals surface area contributed by atoms with Gasteiger partial charge in [-0.25, -0.2) is 5.01 Å². The number of rotatable bonds is 5. The van der Waals surface area contributed by atoms with Gasteiger partial charge in [-0.2, -0.15) is 5.10 Å². The van der Waals surface area contributed by atoms with Crippen molar-refractivity contribution in [2.75, 3.05) is 19.6 Å². The molecule has 2 aliphatic heterocycles. The predicted molar refractivity (Wildman–Crippen MR) is 116 cm³/mol. The van der Waals surface area contributed by atoms with Gasteiger partial charge in [-0.1, -0.05) is 29.8 Å². The van der Waals surface area contributed by atoms with Crippen LogP contribution in [-0.2, 0) is 16.6 Å². The maximum absolute atomic E-state index is 13.3. The number of hydrazone groups is 1. The molecular formula is C22H26ClN5O2. The van der Waals surface area contributed by atoms with Gasteiger partial charge in [0.05, 0.1) is 12.3 Å². The molecule has 1 aromatic heterocycles. The van der Waals surface area contributed by atoms with Crippen LogP contribution >= 0.6 is 11.6 Å². The molecule has 30 heavy (non-hydrogen) atoms. The second kappa shape index (κ2) is 8.62. The highest BCUT2D eigenvalue weighted by atomic mass is 35.5. The molecule has 0 saturated carbocycles. The van der Waals surface area contributed by atoms with Gasteiger partial charge in [0.25, 0.3) is 5.91 Å². The van der Waals surface area contributed by atoms with Crippen LogP contribution in [0, 0.1) is 5.92 Å². The van der Waals surface area contributed by atoms with E-state index >= 15 is 0 Å². The number of amides is 2. The van der Waals surface area contributed by atoms with Crippen molar-refractivity contribution in [1.29, 1.82) is 0 Å². The van der Waals surface area contributed by atoms with E-state index in [1.54, 1.807) is 5.01 Å². The molecule has 1 saturated heterocycles. The number of carbonyl (C=O) groups excluding carboxylic acids is 2. The summed E-state index contributed by atoms with van der Waals surface area (Å²) in [7, 11) is 1.97. The lowest BCUT2D eigenvalue weighted by Crippen LogP contribution is -2.44. The van der Waals surface area contributed by atoms with Gasteiger partial charge in [-0.3, -0.25) is 14.5 Å². The molecule has 1 atom stereocenters. The maximum atomic E-state index is 13.3. The first-order valence-corrected chi connectivity index (χ1v) is 10.6. The topological polar surface area (TPSA) is 83.9 Å². The fraction of sp³-hybridized carbons (Fsp3) is 0.409. The summed E-state index contributed by atoms with van der Waals surface area (Å²) in [6.45, 7) is 1.64. The number of likely N-dealkylation sites (tertiary alicyclic amines) is 1. The van der Waals surface area contributed by atoms with Gasteiger partial charge in [-0.15, -0.1) is 0 Å². The van der Waals surface area contributed by atoms with Crippen LogP contribution in [0.4, 0.5) is 0 Å². The van der Waals surface area contributed by atoms with Crippen LogP contribution in [0.3, 0.4) is 0 Å². The van der Waals surface area contributed by atoms with Crippen LogP contribution in [-0.4, -0.2) is 51.6 Å². The van der Waals surface area contributed by atoms with E-state index < -0.39 is 0 Å². The van der Waals surface area contributed by atoms with E-state index in [1.807, 2.05) is 54.2 Å². The van der Waals surface area contributed by atoms with E-state index in [4.69, 9.17) is 22.4 Å². The van der Waals surface area contributed by atoms with E-state index in [1.165, 1.54) is 0 Å². The molecule has 3 heterocycles. The van der Waals surface area contributed by atoms with Crippen LogP contribution in [0.5, 0.6) is 0 Å². The lowest BCUT2D eigenvalue weighted by atomic mass is 9.96. The van der Waals surface area contributed by atoms with Gasteiger partial charge in [0.1, 0.15) is 6.04 Å². The van der Waals surface area contributed by atoms with Crippen LogP contribution in [0.2, 0.25) is 5.02 Å². The number of nitrogens with two attached hydrogens (primary N) is 1. The number of hydrogen-bond donors (Lipinski definition) is 1. The molecule has 8 heteroatoms. The van der Waals surface area contributed by atoms with Crippen molar-refractivity contribution in [3.8, 4) is 0 Å². The minimum atomic E-state index is -0.252. The summed E-state index contributed by atoms with van der Waals surface area (Å²) >= 11 is 6.39. The molecule has 2 aromatic rings. The fourth-order valence-electron chi connectivity index (χ4n) is 4.29. The van der Waals surface area contributed by atoms with E-state index in [-0.39, 0.29) is 30.3 Å². The molecule has 2 N–H and O–H groups in total. The number of benzene rings is 1. The highest BCUT2D eigenvalue weighted by molar-refractivity contribution is 6.34. The number of piperidine rings is 1. The predicted octanol–water partition coefficient (Wildman–Crippen LogP) is 2.55. The minimum Gasteiger partial charge on any atom is -0.369 e. The number of hydrogen-bond acceptors (Lipinski definition) is 4. The first kappa shape index (κ1) is 20.6. The molecule has 2 aliphatic rings. The van der Waals surface area contributed by atoms with Gasteiger partial charge in [-0.05, 0) is 44.1 Å². The molecular weight excluding hydrogens is 402 g/mol.